The van der Waals surface area contributed by atoms with Crippen molar-refractivity contribution in [1.82, 2.24) is 0 Å². The fourth-order valence-corrected chi connectivity index (χ4v) is 3.65. The highest BCUT2D eigenvalue weighted by molar-refractivity contribution is 4.48. The summed E-state index contributed by atoms with van der Waals surface area (Å²) in [5, 5.41) is 0. The molecule has 9 heteroatoms. The maximum atomic E-state index is 5.64. The van der Waals surface area contributed by atoms with E-state index in [-0.39, 0.29) is 0 Å². The molecule has 0 amide bonds. The van der Waals surface area contributed by atoms with Gasteiger partial charge in [-0.2, -0.15) is 0 Å². The van der Waals surface area contributed by atoms with Crippen LogP contribution in [-0.4, -0.2) is 119 Å². The van der Waals surface area contributed by atoms with Crippen molar-refractivity contribution in [2.75, 3.05) is 119 Å². The molecule has 9 nitrogen and oxygen atoms in total. The molecule has 0 unspecified atom stereocenters. The van der Waals surface area contributed by atoms with Gasteiger partial charge in [-0.05, 0) is 6.42 Å². The second kappa shape index (κ2) is 37.6. The highest BCUT2D eigenvalue weighted by atomic mass is 16.6. The van der Waals surface area contributed by atoms with Crippen LogP contribution in [-0.2, 0) is 42.6 Å². The van der Waals surface area contributed by atoms with Gasteiger partial charge in [0.15, 0.2) is 0 Å². The third kappa shape index (κ3) is 37.6. The molecule has 39 heavy (non-hydrogen) atoms. The predicted octanol–water partition coefficient (Wildman–Crippen LogP) is 5.08. The summed E-state index contributed by atoms with van der Waals surface area (Å²) in [6.45, 7) is 12.2. The van der Waals surface area contributed by atoms with E-state index in [1.54, 1.807) is 7.11 Å². The average molecular weight is 567 g/mol. The molecule has 0 N–H and O–H groups in total. The van der Waals surface area contributed by atoms with Crippen LogP contribution in [0.2, 0.25) is 0 Å². The summed E-state index contributed by atoms with van der Waals surface area (Å²) in [6.07, 6.45) is 14.9. The lowest BCUT2D eigenvalue weighted by Gasteiger charge is -2.08. The van der Waals surface area contributed by atoms with E-state index in [9.17, 15) is 0 Å². The van der Waals surface area contributed by atoms with Crippen molar-refractivity contribution in [1.29, 1.82) is 0 Å². The van der Waals surface area contributed by atoms with Gasteiger partial charge in [0, 0.05) is 13.7 Å². The monoisotopic (exact) mass is 566 g/mol. The Hall–Kier alpha value is -0.360. The standard InChI is InChI=1S/C30H62O9/c1-3-4-5-6-7-8-9-10-11-12-13-14-32-17-18-34-21-22-36-25-26-38-29-30-39-28-27-37-24-23-35-20-19-33-16-15-31-2/h3-30H2,1-2H3. The first kappa shape index (κ1) is 38.6. The quantitative estimate of drug-likeness (QED) is 0.0965. The van der Waals surface area contributed by atoms with Crippen LogP contribution < -0.4 is 0 Å². The second-order valence-corrected chi connectivity index (χ2v) is 9.43. The number of unbranched alkanes of at least 4 members (excludes halogenated alkanes) is 10. The van der Waals surface area contributed by atoms with Crippen molar-refractivity contribution in [3.05, 3.63) is 0 Å². The van der Waals surface area contributed by atoms with Crippen LogP contribution >= 0.6 is 0 Å². The molecule has 0 atom stereocenters. The van der Waals surface area contributed by atoms with E-state index in [4.69, 9.17) is 42.6 Å². The summed E-state index contributed by atoms with van der Waals surface area (Å²) in [5.74, 6) is 0. The molecule has 0 aliphatic heterocycles. The minimum atomic E-state index is 0.542. The van der Waals surface area contributed by atoms with Crippen LogP contribution in [0.15, 0.2) is 0 Å². The van der Waals surface area contributed by atoms with Crippen molar-refractivity contribution >= 4 is 0 Å². The smallest absolute Gasteiger partial charge is 0.0701 e. The minimum absolute atomic E-state index is 0.542. The highest BCUT2D eigenvalue weighted by Gasteiger charge is 1.96. The molecular weight excluding hydrogens is 504 g/mol. The Morgan fingerprint density at radius 1 is 0.256 bits per heavy atom. The van der Waals surface area contributed by atoms with Crippen molar-refractivity contribution in [2.45, 2.75) is 77.6 Å². The molecule has 0 aliphatic carbocycles. The minimum Gasteiger partial charge on any atom is -0.382 e. The van der Waals surface area contributed by atoms with Gasteiger partial charge in [-0.1, -0.05) is 71.1 Å². The van der Waals surface area contributed by atoms with Crippen molar-refractivity contribution < 1.29 is 42.6 Å². The van der Waals surface area contributed by atoms with E-state index in [1.807, 2.05) is 0 Å². The van der Waals surface area contributed by atoms with Gasteiger partial charge in [-0.3, -0.25) is 0 Å². The number of rotatable bonds is 36. The van der Waals surface area contributed by atoms with E-state index in [0.29, 0.717) is 106 Å². The first-order valence-corrected chi connectivity index (χ1v) is 15.5. The third-order valence-electron chi connectivity index (χ3n) is 5.93. The summed E-state index contributed by atoms with van der Waals surface area (Å²) in [5.41, 5.74) is 0. The molecule has 0 rings (SSSR count). The van der Waals surface area contributed by atoms with E-state index in [2.05, 4.69) is 6.92 Å². The molecule has 0 heterocycles. The topological polar surface area (TPSA) is 83.1 Å². The van der Waals surface area contributed by atoms with Gasteiger partial charge in [-0.25, -0.2) is 0 Å². The molecule has 0 aromatic rings. The van der Waals surface area contributed by atoms with E-state index in [1.165, 1.54) is 64.2 Å². The van der Waals surface area contributed by atoms with Crippen molar-refractivity contribution in [3.8, 4) is 0 Å². The summed E-state index contributed by atoms with van der Waals surface area (Å²) >= 11 is 0. The van der Waals surface area contributed by atoms with Gasteiger partial charge in [0.05, 0.1) is 106 Å². The van der Waals surface area contributed by atoms with E-state index < -0.39 is 0 Å². The van der Waals surface area contributed by atoms with E-state index in [0.717, 1.165) is 13.0 Å². The summed E-state index contributed by atoms with van der Waals surface area (Å²) < 4.78 is 48.7. The highest BCUT2D eigenvalue weighted by Crippen LogP contribution is 2.11. The largest absolute Gasteiger partial charge is 0.382 e. The van der Waals surface area contributed by atoms with Crippen LogP contribution in [0.4, 0.5) is 0 Å². The van der Waals surface area contributed by atoms with Crippen LogP contribution in [0, 0.1) is 0 Å². The zero-order valence-corrected chi connectivity index (χ0v) is 25.5. The number of ether oxygens (including phenoxy) is 9. The third-order valence-corrected chi connectivity index (χ3v) is 5.93. The molecule has 0 bridgehead atoms. The van der Waals surface area contributed by atoms with Crippen molar-refractivity contribution in [3.63, 3.8) is 0 Å². The molecule has 0 aromatic heterocycles. The zero-order chi connectivity index (χ0) is 28.2. The molecule has 236 valence electrons. The Morgan fingerprint density at radius 3 is 0.769 bits per heavy atom. The lowest BCUT2D eigenvalue weighted by molar-refractivity contribution is -0.0243. The summed E-state index contributed by atoms with van der Waals surface area (Å²) in [4.78, 5) is 0. The second-order valence-electron chi connectivity index (χ2n) is 9.43. The molecule has 0 aromatic carbocycles. The van der Waals surface area contributed by atoms with Crippen LogP contribution in [0.1, 0.15) is 77.6 Å². The molecule has 0 spiro atoms. The Kier molecular flexibility index (Phi) is 37.3. The average Bonchev–Trinajstić information content (AvgIpc) is 2.95. The fraction of sp³-hybridized carbons (Fsp3) is 1.00. The van der Waals surface area contributed by atoms with Gasteiger partial charge < -0.3 is 42.6 Å². The number of methoxy groups -OCH3 is 1. The van der Waals surface area contributed by atoms with Crippen LogP contribution in [0.5, 0.6) is 0 Å². The Balaban J connectivity index is 3.01. The van der Waals surface area contributed by atoms with Gasteiger partial charge >= 0.3 is 0 Å². The molecule has 0 radical (unpaired) electrons. The maximum Gasteiger partial charge on any atom is 0.0701 e. The Bertz CT molecular complexity index is 380. The Labute approximate surface area is 239 Å². The SMILES string of the molecule is CCCCCCCCCCCCCOCCOCCOCCOCCOCCOCCOCCOCCOC. The van der Waals surface area contributed by atoms with Crippen LogP contribution in [0.3, 0.4) is 0 Å². The number of hydrogen-bond acceptors (Lipinski definition) is 9. The van der Waals surface area contributed by atoms with Crippen LogP contribution in [0.25, 0.3) is 0 Å². The molecule has 0 aliphatic rings. The normalized spacial score (nSPS) is 11.5. The molecular formula is C30H62O9. The van der Waals surface area contributed by atoms with Gasteiger partial charge in [0.1, 0.15) is 0 Å². The van der Waals surface area contributed by atoms with Gasteiger partial charge in [-0.15, -0.1) is 0 Å². The molecule has 0 saturated heterocycles. The Morgan fingerprint density at radius 2 is 0.487 bits per heavy atom. The van der Waals surface area contributed by atoms with Gasteiger partial charge in [0.2, 0.25) is 0 Å². The van der Waals surface area contributed by atoms with E-state index >= 15 is 0 Å². The molecule has 0 fully saturated rings. The maximum absolute atomic E-state index is 5.64. The lowest BCUT2D eigenvalue weighted by atomic mass is 10.1. The van der Waals surface area contributed by atoms with Gasteiger partial charge in [0.25, 0.3) is 0 Å². The van der Waals surface area contributed by atoms with Crippen molar-refractivity contribution in [2.24, 2.45) is 0 Å². The first-order chi connectivity index (χ1) is 19.4. The summed E-state index contributed by atoms with van der Waals surface area (Å²) in [6, 6.07) is 0. The molecule has 0 saturated carbocycles. The zero-order valence-electron chi connectivity index (χ0n) is 25.5. The lowest BCUT2D eigenvalue weighted by Crippen LogP contribution is -2.15. The number of hydrogen-bond donors (Lipinski definition) is 0. The summed E-state index contributed by atoms with van der Waals surface area (Å²) in [7, 11) is 1.65. The first-order valence-electron chi connectivity index (χ1n) is 15.5. The fourth-order valence-electron chi connectivity index (χ4n) is 3.65. The predicted molar refractivity (Wildman–Crippen MR) is 155 cm³/mol.